The molecule has 0 bridgehead atoms. The number of morpholine rings is 1. The molecule has 0 amide bonds. The van der Waals surface area contributed by atoms with Gasteiger partial charge < -0.3 is 15.0 Å². The third-order valence-corrected chi connectivity index (χ3v) is 3.94. The Labute approximate surface area is 112 Å². The van der Waals surface area contributed by atoms with Crippen LogP contribution >= 0.6 is 11.8 Å². The van der Waals surface area contributed by atoms with Gasteiger partial charge in [0.05, 0.1) is 13.2 Å². The molecule has 2 rings (SSSR count). The van der Waals surface area contributed by atoms with E-state index >= 15 is 0 Å². The standard InChI is InChI=1S/C11H21N5OS/c1-10-13-14-11(16(10)3-2-12)18-9-6-15-4-7-17-8-5-15/h2-9,12H2,1H3. The fourth-order valence-electron chi connectivity index (χ4n) is 1.95. The lowest BCUT2D eigenvalue weighted by molar-refractivity contribution is 0.0410. The Morgan fingerprint density at radius 1 is 1.28 bits per heavy atom. The minimum absolute atomic E-state index is 0.621. The second-order valence-corrected chi connectivity index (χ2v) is 5.33. The van der Waals surface area contributed by atoms with E-state index in [0.717, 1.165) is 56.1 Å². The van der Waals surface area contributed by atoms with Gasteiger partial charge in [0.2, 0.25) is 0 Å². The van der Waals surface area contributed by atoms with Crippen LogP contribution in [0.15, 0.2) is 5.16 Å². The summed E-state index contributed by atoms with van der Waals surface area (Å²) >= 11 is 1.75. The zero-order valence-electron chi connectivity index (χ0n) is 10.8. The molecule has 1 aliphatic rings. The van der Waals surface area contributed by atoms with Crippen LogP contribution in [-0.2, 0) is 11.3 Å². The second-order valence-electron chi connectivity index (χ2n) is 4.27. The van der Waals surface area contributed by atoms with Crippen LogP contribution in [0.5, 0.6) is 0 Å². The second kappa shape index (κ2) is 7.08. The van der Waals surface area contributed by atoms with Crippen LogP contribution in [0.25, 0.3) is 0 Å². The van der Waals surface area contributed by atoms with Gasteiger partial charge in [0, 0.05) is 38.5 Å². The van der Waals surface area contributed by atoms with Gasteiger partial charge in [0.15, 0.2) is 5.16 Å². The Hall–Kier alpha value is -0.630. The molecule has 1 aromatic heterocycles. The monoisotopic (exact) mass is 271 g/mol. The molecule has 1 aliphatic heterocycles. The van der Waals surface area contributed by atoms with Crippen molar-refractivity contribution in [3.63, 3.8) is 0 Å². The largest absolute Gasteiger partial charge is 0.379 e. The first-order valence-corrected chi connectivity index (χ1v) is 7.32. The van der Waals surface area contributed by atoms with Crippen molar-refractivity contribution in [2.24, 2.45) is 5.73 Å². The molecule has 1 saturated heterocycles. The van der Waals surface area contributed by atoms with Crippen molar-refractivity contribution in [2.45, 2.75) is 18.6 Å². The third kappa shape index (κ3) is 3.68. The lowest BCUT2D eigenvalue weighted by atomic mass is 10.4. The van der Waals surface area contributed by atoms with E-state index in [0.29, 0.717) is 6.54 Å². The average Bonchev–Trinajstić information content (AvgIpc) is 2.73. The van der Waals surface area contributed by atoms with E-state index in [2.05, 4.69) is 19.7 Å². The van der Waals surface area contributed by atoms with E-state index in [4.69, 9.17) is 10.5 Å². The molecule has 0 radical (unpaired) electrons. The molecule has 0 aromatic carbocycles. The molecular formula is C11H21N5OS. The highest BCUT2D eigenvalue weighted by Crippen LogP contribution is 2.16. The van der Waals surface area contributed by atoms with Gasteiger partial charge in [-0.1, -0.05) is 11.8 Å². The van der Waals surface area contributed by atoms with Crippen LogP contribution in [0.1, 0.15) is 5.82 Å². The Bertz CT molecular complexity index is 364. The number of hydrogen-bond acceptors (Lipinski definition) is 6. The minimum atomic E-state index is 0.621. The summed E-state index contributed by atoms with van der Waals surface area (Å²) in [4.78, 5) is 2.42. The summed E-state index contributed by atoms with van der Waals surface area (Å²) in [5, 5.41) is 9.28. The van der Waals surface area contributed by atoms with Gasteiger partial charge >= 0.3 is 0 Å². The minimum Gasteiger partial charge on any atom is -0.379 e. The molecule has 7 heteroatoms. The molecule has 0 atom stereocenters. The summed E-state index contributed by atoms with van der Waals surface area (Å²) in [6, 6.07) is 0. The van der Waals surface area contributed by atoms with Gasteiger partial charge in [-0.15, -0.1) is 10.2 Å². The molecule has 0 saturated carbocycles. The van der Waals surface area contributed by atoms with Crippen molar-refractivity contribution >= 4 is 11.8 Å². The average molecular weight is 271 g/mol. The van der Waals surface area contributed by atoms with Crippen molar-refractivity contribution in [3.8, 4) is 0 Å². The maximum atomic E-state index is 5.60. The van der Waals surface area contributed by atoms with Crippen molar-refractivity contribution < 1.29 is 4.74 Å². The number of thioether (sulfide) groups is 1. The predicted octanol–water partition coefficient (Wildman–Crippen LogP) is -0.0305. The van der Waals surface area contributed by atoms with Crippen LogP contribution in [0.2, 0.25) is 0 Å². The predicted molar refractivity (Wildman–Crippen MR) is 71.8 cm³/mol. The van der Waals surface area contributed by atoms with Gasteiger partial charge in [-0.2, -0.15) is 0 Å². The zero-order valence-corrected chi connectivity index (χ0v) is 11.7. The number of ether oxygens (including phenoxy) is 1. The maximum absolute atomic E-state index is 5.60. The summed E-state index contributed by atoms with van der Waals surface area (Å²) in [5.74, 6) is 1.97. The molecule has 1 fully saturated rings. The van der Waals surface area contributed by atoms with Gasteiger partial charge in [-0.25, -0.2) is 0 Å². The van der Waals surface area contributed by atoms with E-state index in [1.54, 1.807) is 11.8 Å². The van der Waals surface area contributed by atoms with Gasteiger partial charge in [-0.3, -0.25) is 4.90 Å². The van der Waals surface area contributed by atoms with Gasteiger partial charge in [-0.05, 0) is 6.92 Å². The molecule has 6 nitrogen and oxygen atoms in total. The van der Waals surface area contributed by atoms with Crippen LogP contribution in [0.4, 0.5) is 0 Å². The van der Waals surface area contributed by atoms with Crippen molar-refractivity contribution in [1.82, 2.24) is 19.7 Å². The zero-order chi connectivity index (χ0) is 12.8. The highest BCUT2D eigenvalue weighted by molar-refractivity contribution is 7.99. The number of rotatable bonds is 6. The van der Waals surface area contributed by atoms with Gasteiger partial charge in [0.25, 0.3) is 0 Å². The number of nitrogens with two attached hydrogens (primary N) is 1. The molecule has 0 aliphatic carbocycles. The number of aryl methyl sites for hydroxylation is 1. The summed E-state index contributed by atoms with van der Waals surface area (Å²) in [7, 11) is 0. The lowest BCUT2D eigenvalue weighted by Gasteiger charge is -2.26. The molecule has 0 unspecified atom stereocenters. The highest BCUT2D eigenvalue weighted by Gasteiger charge is 2.12. The first-order valence-electron chi connectivity index (χ1n) is 6.34. The fourth-order valence-corrected chi connectivity index (χ4v) is 2.96. The Balaban J connectivity index is 1.78. The Kier molecular flexibility index (Phi) is 5.43. The van der Waals surface area contributed by atoms with E-state index in [1.165, 1.54) is 0 Å². The Morgan fingerprint density at radius 3 is 2.78 bits per heavy atom. The third-order valence-electron chi connectivity index (χ3n) is 3.00. The molecular weight excluding hydrogens is 250 g/mol. The fraction of sp³-hybridized carbons (Fsp3) is 0.818. The van der Waals surface area contributed by atoms with Crippen molar-refractivity contribution in [1.29, 1.82) is 0 Å². The van der Waals surface area contributed by atoms with E-state index in [1.807, 2.05) is 6.92 Å². The first kappa shape index (κ1) is 13.8. The van der Waals surface area contributed by atoms with E-state index < -0.39 is 0 Å². The summed E-state index contributed by atoms with van der Waals surface area (Å²) < 4.78 is 7.42. The van der Waals surface area contributed by atoms with Crippen LogP contribution < -0.4 is 5.73 Å². The smallest absolute Gasteiger partial charge is 0.191 e. The summed E-state index contributed by atoms with van der Waals surface area (Å²) in [6.45, 7) is 8.23. The first-order chi connectivity index (χ1) is 8.81. The van der Waals surface area contributed by atoms with Gasteiger partial charge in [0.1, 0.15) is 5.82 Å². The molecule has 2 N–H and O–H groups in total. The summed E-state index contributed by atoms with van der Waals surface area (Å²) in [6.07, 6.45) is 0. The van der Waals surface area contributed by atoms with Crippen LogP contribution in [0, 0.1) is 6.92 Å². The number of nitrogens with zero attached hydrogens (tertiary/aromatic N) is 4. The van der Waals surface area contributed by atoms with E-state index in [-0.39, 0.29) is 0 Å². The Morgan fingerprint density at radius 2 is 2.06 bits per heavy atom. The van der Waals surface area contributed by atoms with E-state index in [9.17, 15) is 0 Å². The molecule has 102 valence electrons. The number of hydrogen-bond donors (Lipinski definition) is 1. The van der Waals surface area contributed by atoms with Crippen molar-refractivity contribution in [3.05, 3.63) is 5.82 Å². The normalized spacial score (nSPS) is 17.2. The lowest BCUT2D eigenvalue weighted by Crippen LogP contribution is -2.37. The highest BCUT2D eigenvalue weighted by atomic mass is 32.2. The quantitative estimate of drug-likeness (QED) is 0.733. The maximum Gasteiger partial charge on any atom is 0.191 e. The topological polar surface area (TPSA) is 69.2 Å². The van der Waals surface area contributed by atoms with Crippen LogP contribution in [-0.4, -0.2) is 64.8 Å². The summed E-state index contributed by atoms with van der Waals surface area (Å²) in [5.41, 5.74) is 5.60. The molecule has 18 heavy (non-hydrogen) atoms. The molecule has 2 heterocycles. The number of aromatic nitrogens is 3. The van der Waals surface area contributed by atoms with Crippen molar-refractivity contribution in [2.75, 3.05) is 45.1 Å². The molecule has 1 aromatic rings. The molecule has 0 spiro atoms. The van der Waals surface area contributed by atoms with Crippen LogP contribution in [0.3, 0.4) is 0 Å². The SMILES string of the molecule is Cc1nnc(SCCN2CCOCC2)n1CCN.